The summed E-state index contributed by atoms with van der Waals surface area (Å²) in [6, 6.07) is 13.5. The molecule has 1 N–H and O–H groups in total. The van der Waals surface area contributed by atoms with E-state index < -0.39 is 5.82 Å². The predicted molar refractivity (Wildman–Crippen MR) is 122 cm³/mol. The largest absolute Gasteiger partial charge is 0.497 e. The van der Waals surface area contributed by atoms with Crippen molar-refractivity contribution >= 4 is 17.7 Å². The van der Waals surface area contributed by atoms with Crippen LogP contribution >= 0.6 is 11.8 Å². The lowest BCUT2D eigenvalue weighted by Gasteiger charge is -2.12. The third-order valence-corrected chi connectivity index (χ3v) is 5.53. The van der Waals surface area contributed by atoms with Crippen LogP contribution in [0.4, 0.5) is 4.39 Å². The molecule has 0 radical (unpaired) electrons. The Morgan fingerprint density at radius 3 is 2.53 bits per heavy atom. The molecule has 9 heteroatoms. The molecule has 0 aliphatic heterocycles. The minimum atomic E-state index is -0.416. The first kappa shape index (κ1) is 23.6. The number of methoxy groups -OCH3 is 1. The maximum atomic E-state index is 14.6. The number of halogens is 1. The molecule has 0 atom stereocenters. The second kappa shape index (κ2) is 11.5. The molecule has 0 spiro atoms. The highest BCUT2D eigenvalue weighted by molar-refractivity contribution is 7.99. The molecule has 1 heterocycles. The van der Waals surface area contributed by atoms with Gasteiger partial charge in [-0.3, -0.25) is 9.36 Å². The van der Waals surface area contributed by atoms with Gasteiger partial charge < -0.3 is 14.8 Å². The molecule has 0 unspecified atom stereocenters. The number of rotatable bonds is 11. The zero-order valence-corrected chi connectivity index (χ0v) is 19.2. The molecule has 0 fully saturated rings. The molecular weight excluding hydrogens is 431 g/mol. The van der Waals surface area contributed by atoms with E-state index >= 15 is 0 Å². The average Bonchev–Trinajstić information content (AvgIpc) is 3.19. The van der Waals surface area contributed by atoms with Gasteiger partial charge in [-0.1, -0.05) is 37.7 Å². The molecule has 170 valence electrons. The summed E-state index contributed by atoms with van der Waals surface area (Å²) in [6.07, 6.45) is 0.911. The van der Waals surface area contributed by atoms with E-state index in [1.165, 1.54) is 17.8 Å². The highest BCUT2D eigenvalue weighted by atomic mass is 32.2. The fourth-order valence-corrected chi connectivity index (χ4v) is 3.66. The van der Waals surface area contributed by atoms with Crippen LogP contribution in [-0.4, -0.2) is 40.1 Å². The number of nitrogens with zero attached hydrogens (tertiary/aromatic N) is 3. The SMILES string of the molecule is COc1ccc(OCc2nnc(SCC(=O)NCCC(C)C)n2-c2ccccc2F)cc1. The molecule has 3 rings (SSSR count). The fourth-order valence-electron chi connectivity index (χ4n) is 2.86. The van der Waals surface area contributed by atoms with E-state index in [2.05, 4.69) is 29.4 Å². The van der Waals surface area contributed by atoms with Gasteiger partial charge in [0, 0.05) is 6.54 Å². The van der Waals surface area contributed by atoms with Gasteiger partial charge >= 0.3 is 0 Å². The zero-order chi connectivity index (χ0) is 22.9. The van der Waals surface area contributed by atoms with Crippen LogP contribution in [0.15, 0.2) is 53.7 Å². The Morgan fingerprint density at radius 1 is 1.12 bits per heavy atom. The van der Waals surface area contributed by atoms with Crippen molar-refractivity contribution < 1.29 is 18.7 Å². The molecule has 0 aliphatic rings. The Kier molecular flexibility index (Phi) is 8.49. The third kappa shape index (κ3) is 6.46. The average molecular weight is 459 g/mol. The highest BCUT2D eigenvalue weighted by Gasteiger charge is 2.19. The summed E-state index contributed by atoms with van der Waals surface area (Å²) in [5.74, 6) is 1.92. The number of carbonyl (C=O) groups is 1. The molecule has 1 amide bonds. The van der Waals surface area contributed by atoms with E-state index in [0.29, 0.717) is 34.9 Å². The normalized spacial score (nSPS) is 10.9. The van der Waals surface area contributed by atoms with Gasteiger partial charge in [0.15, 0.2) is 11.0 Å². The van der Waals surface area contributed by atoms with E-state index in [1.54, 1.807) is 54.1 Å². The minimum absolute atomic E-state index is 0.0782. The van der Waals surface area contributed by atoms with Crippen molar-refractivity contribution in [3.8, 4) is 17.2 Å². The lowest BCUT2D eigenvalue weighted by atomic mass is 10.1. The summed E-state index contributed by atoms with van der Waals surface area (Å²) in [4.78, 5) is 12.2. The summed E-state index contributed by atoms with van der Waals surface area (Å²) >= 11 is 1.20. The minimum Gasteiger partial charge on any atom is -0.497 e. The smallest absolute Gasteiger partial charge is 0.230 e. The van der Waals surface area contributed by atoms with E-state index in [9.17, 15) is 9.18 Å². The molecule has 1 aromatic heterocycles. The lowest BCUT2D eigenvalue weighted by molar-refractivity contribution is -0.118. The van der Waals surface area contributed by atoms with Crippen LogP contribution in [-0.2, 0) is 11.4 Å². The van der Waals surface area contributed by atoms with E-state index in [4.69, 9.17) is 9.47 Å². The topological polar surface area (TPSA) is 78.3 Å². The number of hydrogen-bond donors (Lipinski definition) is 1. The van der Waals surface area contributed by atoms with Gasteiger partial charge in [0.2, 0.25) is 5.91 Å². The quantitative estimate of drug-likeness (QED) is 0.433. The number of aromatic nitrogens is 3. The maximum absolute atomic E-state index is 14.6. The number of nitrogens with one attached hydrogen (secondary N) is 1. The van der Waals surface area contributed by atoms with Crippen LogP contribution in [0.3, 0.4) is 0 Å². The van der Waals surface area contributed by atoms with Crippen molar-refractivity contribution in [2.75, 3.05) is 19.4 Å². The van der Waals surface area contributed by atoms with Crippen molar-refractivity contribution in [1.82, 2.24) is 20.1 Å². The van der Waals surface area contributed by atoms with Crippen molar-refractivity contribution in [3.63, 3.8) is 0 Å². The van der Waals surface area contributed by atoms with Crippen LogP contribution < -0.4 is 14.8 Å². The van der Waals surface area contributed by atoms with E-state index in [-0.39, 0.29) is 18.3 Å². The van der Waals surface area contributed by atoms with Gasteiger partial charge in [0.25, 0.3) is 0 Å². The van der Waals surface area contributed by atoms with Gasteiger partial charge in [0.1, 0.15) is 23.9 Å². The first-order valence-electron chi connectivity index (χ1n) is 10.3. The van der Waals surface area contributed by atoms with Gasteiger partial charge in [-0.25, -0.2) is 4.39 Å². The van der Waals surface area contributed by atoms with Gasteiger partial charge in [-0.15, -0.1) is 10.2 Å². The predicted octanol–water partition coefficient (Wildman–Crippen LogP) is 4.25. The number of thioether (sulfide) groups is 1. The monoisotopic (exact) mass is 458 g/mol. The molecular formula is C23H27FN4O3S. The molecule has 0 aliphatic carbocycles. The van der Waals surface area contributed by atoms with Crippen molar-refractivity contribution in [1.29, 1.82) is 0 Å². The summed E-state index contributed by atoms with van der Waals surface area (Å²) in [6.45, 7) is 4.91. The first-order chi connectivity index (χ1) is 15.5. The van der Waals surface area contributed by atoms with Crippen molar-refractivity contribution in [2.45, 2.75) is 32.0 Å². The second-order valence-corrected chi connectivity index (χ2v) is 8.41. The summed E-state index contributed by atoms with van der Waals surface area (Å²) in [5, 5.41) is 11.7. The Balaban J connectivity index is 1.74. The van der Waals surface area contributed by atoms with Gasteiger partial charge in [0.05, 0.1) is 18.6 Å². The van der Waals surface area contributed by atoms with Crippen LogP contribution in [0.2, 0.25) is 0 Å². The fraction of sp³-hybridized carbons (Fsp3) is 0.348. The van der Waals surface area contributed by atoms with Crippen molar-refractivity contribution in [3.05, 3.63) is 60.2 Å². The Morgan fingerprint density at radius 2 is 1.84 bits per heavy atom. The highest BCUT2D eigenvalue weighted by Crippen LogP contribution is 2.25. The molecule has 7 nitrogen and oxygen atoms in total. The van der Waals surface area contributed by atoms with Gasteiger partial charge in [-0.2, -0.15) is 0 Å². The Hall–Kier alpha value is -3.07. The van der Waals surface area contributed by atoms with Crippen LogP contribution in [0, 0.1) is 11.7 Å². The number of hydrogen-bond acceptors (Lipinski definition) is 6. The van der Waals surface area contributed by atoms with E-state index in [0.717, 1.165) is 12.2 Å². The first-order valence-corrected chi connectivity index (χ1v) is 11.3. The Bertz CT molecular complexity index is 1020. The zero-order valence-electron chi connectivity index (χ0n) is 18.4. The molecule has 32 heavy (non-hydrogen) atoms. The van der Waals surface area contributed by atoms with Gasteiger partial charge in [-0.05, 0) is 48.7 Å². The maximum Gasteiger partial charge on any atom is 0.230 e. The number of carbonyl (C=O) groups excluding carboxylic acids is 1. The van der Waals surface area contributed by atoms with E-state index in [1.807, 2.05) is 0 Å². The lowest BCUT2D eigenvalue weighted by Crippen LogP contribution is -2.27. The summed E-state index contributed by atoms with van der Waals surface area (Å²) in [7, 11) is 1.59. The number of ether oxygens (including phenoxy) is 2. The number of amides is 1. The van der Waals surface area contributed by atoms with Crippen LogP contribution in [0.5, 0.6) is 11.5 Å². The molecule has 0 bridgehead atoms. The number of para-hydroxylation sites is 1. The van der Waals surface area contributed by atoms with Crippen LogP contribution in [0.25, 0.3) is 5.69 Å². The molecule has 2 aromatic carbocycles. The summed E-state index contributed by atoms with van der Waals surface area (Å²) < 4.78 is 27.1. The summed E-state index contributed by atoms with van der Waals surface area (Å²) in [5.41, 5.74) is 0.300. The standard InChI is InChI=1S/C23H27FN4O3S/c1-16(2)12-13-25-22(29)15-32-23-27-26-21(28(23)20-7-5-4-6-19(20)24)14-31-18-10-8-17(30-3)9-11-18/h4-11,16H,12-15H2,1-3H3,(H,25,29). The molecule has 0 saturated heterocycles. The third-order valence-electron chi connectivity index (χ3n) is 4.60. The van der Waals surface area contributed by atoms with Crippen molar-refractivity contribution in [2.24, 2.45) is 5.92 Å². The second-order valence-electron chi connectivity index (χ2n) is 7.47. The molecule has 0 saturated carbocycles. The number of benzene rings is 2. The van der Waals surface area contributed by atoms with Crippen LogP contribution in [0.1, 0.15) is 26.1 Å². The Labute approximate surface area is 191 Å². The molecule has 3 aromatic rings.